The van der Waals surface area contributed by atoms with Crippen molar-refractivity contribution < 1.29 is 19.6 Å². The summed E-state index contributed by atoms with van der Waals surface area (Å²) in [7, 11) is 0. The van der Waals surface area contributed by atoms with Gasteiger partial charge in [-0.25, -0.2) is 0 Å². The Morgan fingerprint density at radius 1 is 1.23 bits per heavy atom. The minimum Gasteiger partial charge on any atom is -0.481 e. The molecule has 0 saturated heterocycles. The number of nitro groups is 1. The Kier molecular flexibility index (Phi) is 7.01. The van der Waals surface area contributed by atoms with Gasteiger partial charge in [0, 0.05) is 19.0 Å². The Morgan fingerprint density at radius 2 is 1.91 bits per heavy atom. The van der Waals surface area contributed by atoms with Gasteiger partial charge in [-0.2, -0.15) is 0 Å². The third-order valence-corrected chi connectivity index (χ3v) is 3.28. The van der Waals surface area contributed by atoms with Crippen LogP contribution < -0.4 is 5.32 Å². The number of hydrogen-bond acceptors (Lipinski definition) is 4. The fraction of sp³-hybridized carbons (Fsp3) is 0.467. The van der Waals surface area contributed by atoms with Crippen molar-refractivity contribution in [2.24, 2.45) is 0 Å². The van der Waals surface area contributed by atoms with E-state index in [2.05, 4.69) is 5.32 Å². The second-order valence-corrected chi connectivity index (χ2v) is 5.04. The Labute approximate surface area is 128 Å². The highest BCUT2D eigenvalue weighted by atomic mass is 16.6. The molecule has 1 amide bonds. The normalized spacial score (nSPS) is 10.2. The number of carbonyl (C=O) groups is 2. The van der Waals surface area contributed by atoms with E-state index in [1.165, 1.54) is 6.07 Å². The molecule has 1 aromatic rings. The summed E-state index contributed by atoms with van der Waals surface area (Å²) < 4.78 is 0. The molecule has 1 aromatic carbocycles. The van der Waals surface area contributed by atoms with Crippen LogP contribution in [0.15, 0.2) is 18.2 Å². The van der Waals surface area contributed by atoms with Gasteiger partial charge in [0.15, 0.2) is 0 Å². The second kappa shape index (κ2) is 8.76. The predicted octanol–water partition coefficient (Wildman–Crippen LogP) is 2.67. The van der Waals surface area contributed by atoms with Crippen LogP contribution in [-0.2, 0) is 4.79 Å². The summed E-state index contributed by atoms with van der Waals surface area (Å²) in [4.78, 5) is 32.8. The number of carboxylic acid groups (broad SMARTS) is 1. The first-order chi connectivity index (χ1) is 10.4. The van der Waals surface area contributed by atoms with E-state index in [0.29, 0.717) is 24.9 Å². The number of hydrogen-bond donors (Lipinski definition) is 2. The number of carbonyl (C=O) groups excluding carboxylic acids is 1. The molecule has 0 spiro atoms. The lowest BCUT2D eigenvalue weighted by atomic mass is 10.1. The molecule has 0 aliphatic carbocycles. The number of aliphatic carboxylic acids is 1. The van der Waals surface area contributed by atoms with Crippen molar-refractivity contribution in [1.29, 1.82) is 0 Å². The summed E-state index contributed by atoms with van der Waals surface area (Å²) in [5, 5.41) is 22.1. The number of unbranched alkanes of at least 4 members (excludes halogenated alkanes) is 3. The fourth-order valence-corrected chi connectivity index (χ4v) is 2.14. The van der Waals surface area contributed by atoms with Crippen molar-refractivity contribution in [3.63, 3.8) is 0 Å². The van der Waals surface area contributed by atoms with E-state index in [1.807, 2.05) is 0 Å². The van der Waals surface area contributed by atoms with Crippen LogP contribution in [-0.4, -0.2) is 28.5 Å². The van der Waals surface area contributed by atoms with E-state index in [9.17, 15) is 19.7 Å². The number of amides is 1. The number of nitrogens with one attached hydrogen (secondary N) is 1. The lowest BCUT2D eigenvalue weighted by Crippen LogP contribution is -2.26. The zero-order valence-electron chi connectivity index (χ0n) is 12.5. The number of rotatable bonds is 9. The molecular weight excluding hydrogens is 288 g/mol. The Hall–Kier alpha value is -2.44. The van der Waals surface area contributed by atoms with Gasteiger partial charge in [0.2, 0.25) is 0 Å². The average Bonchev–Trinajstić information content (AvgIpc) is 2.45. The lowest BCUT2D eigenvalue weighted by Gasteiger charge is -2.08. The minimum absolute atomic E-state index is 0.0957. The van der Waals surface area contributed by atoms with Crippen molar-refractivity contribution in [3.8, 4) is 0 Å². The summed E-state index contributed by atoms with van der Waals surface area (Å²) >= 11 is 0. The third-order valence-electron chi connectivity index (χ3n) is 3.28. The zero-order chi connectivity index (χ0) is 16.5. The molecule has 0 aliphatic rings. The van der Waals surface area contributed by atoms with Crippen molar-refractivity contribution in [1.82, 2.24) is 5.32 Å². The van der Waals surface area contributed by atoms with E-state index in [-0.39, 0.29) is 17.7 Å². The molecule has 0 aliphatic heterocycles. The SMILES string of the molecule is Cc1cccc([N+](=O)[O-])c1C(=O)NCCCCCCC(=O)O. The first kappa shape index (κ1) is 17.6. The van der Waals surface area contributed by atoms with Crippen molar-refractivity contribution in [3.05, 3.63) is 39.4 Å². The molecule has 0 radical (unpaired) electrons. The standard InChI is InChI=1S/C15H20N2O5/c1-11-7-6-8-12(17(21)22)14(11)15(20)16-10-5-3-2-4-9-13(18)19/h6-8H,2-5,9-10H2,1H3,(H,16,20)(H,18,19). The smallest absolute Gasteiger partial charge is 0.303 e. The topological polar surface area (TPSA) is 110 Å². The first-order valence-electron chi connectivity index (χ1n) is 7.17. The molecule has 0 bridgehead atoms. The van der Waals surface area contributed by atoms with E-state index >= 15 is 0 Å². The number of nitro benzene ring substituents is 1. The van der Waals surface area contributed by atoms with Gasteiger partial charge in [0.25, 0.3) is 11.6 Å². The first-order valence-corrected chi connectivity index (χ1v) is 7.17. The molecule has 1 rings (SSSR count). The van der Waals surface area contributed by atoms with Crippen molar-refractivity contribution >= 4 is 17.6 Å². The van der Waals surface area contributed by atoms with Crippen LogP contribution in [0, 0.1) is 17.0 Å². The molecule has 0 fully saturated rings. The van der Waals surface area contributed by atoms with Gasteiger partial charge in [-0.3, -0.25) is 19.7 Å². The van der Waals surface area contributed by atoms with Gasteiger partial charge in [0.05, 0.1) is 4.92 Å². The van der Waals surface area contributed by atoms with Crippen LogP contribution in [0.4, 0.5) is 5.69 Å². The highest BCUT2D eigenvalue weighted by Crippen LogP contribution is 2.21. The quantitative estimate of drug-likeness (QED) is 0.414. The number of aryl methyl sites for hydroxylation is 1. The number of benzene rings is 1. The summed E-state index contributed by atoms with van der Waals surface area (Å²) in [6, 6.07) is 4.52. The van der Waals surface area contributed by atoms with Gasteiger partial charge in [-0.15, -0.1) is 0 Å². The highest BCUT2D eigenvalue weighted by molar-refractivity contribution is 5.99. The molecular formula is C15H20N2O5. The van der Waals surface area contributed by atoms with Gasteiger partial charge < -0.3 is 10.4 Å². The molecule has 0 aromatic heterocycles. The van der Waals surface area contributed by atoms with E-state index in [4.69, 9.17) is 5.11 Å². The Balaban J connectivity index is 2.43. The largest absolute Gasteiger partial charge is 0.481 e. The maximum absolute atomic E-state index is 12.1. The molecule has 0 heterocycles. The number of nitrogens with zero attached hydrogens (tertiary/aromatic N) is 1. The van der Waals surface area contributed by atoms with E-state index < -0.39 is 16.8 Å². The maximum Gasteiger partial charge on any atom is 0.303 e. The highest BCUT2D eigenvalue weighted by Gasteiger charge is 2.21. The van der Waals surface area contributed by atoms with Gasteiger partial charge >= 0.3 is 5.97 Å². The van der Waals surface area contributed by atoms with Gasteiger partial charge in [-0.1, -0.05) is 25.0 Å². The lowest BCUT2D eigenvalue weighted by molar-refractivity contribution is -0.385. The van der Waals surface area contributed by atoms with Crippen LogP contribution in [0.25, 0.3) is 0 Å². The molecule has 2 N–H and O–H groups in total. The summed E-state index contributed by atoms with van der Waals surface area (Å²) in [5.41, 5.74) is 0.463. The molecule has 0 saturated carbocycles. The molecule has 7 heteroatoms. The fourth-order valence-electron chi connectivity index (χ4n) is 2.14. The van der Waals surface area contributed by atoms with Crippen LogP contribution >= 0.6 is 0 Å². The molecule has 0 unspecified atom stereocenters. The van der Waals surface area contributed by atoms with Gasteiger partial charge in [-0.05, 0) is 25.3 Å². The van der Waals surface area contributed by atoms with Crippen molar-refractivity contribution in [2.75, 3.05) is 6.54 Å². The van der Waals surface area contributed by atoms with Crippen LogP contribution in [0.1, 0.15) is 48.0 Å². The van der Waals surface area contributed by atoms with Gasteiger partial charge in [0.1, 0.15) is 5.56 Å². The predicted molar refractivity (Wildman–Crippen MR) is 80.9 cm³/mol. The van der Waals surface area contributed by atoms with Crippen LogP contribution in [0.2, 0.25) is 0 Å². The number of carboxylic acids is 1. The average molecular weight is 308 g/mol. The summed E-state index contributed by atoms with van der Waals surface area (Å²) in [5.74, 6) is -1.25. The maximum atomic E-state index is 12.1. The minimum atomic E-state index is -0.805. The second-order valence-electron chi connectivity index (χ2n) is 5.04. The molecule has 120 valence electrons. The van der Waals surface area contributed by atoms with E-state index in [1.54, 1.807) is 19.1 Å². The molecule has 0 atom stereocenters. The summed E-state index contributed by atoms with van der Waals surface area (Å²) in [6.45, 7) is 2.07. The summed E-state index contributed by atoms with van der Waals surface area (Å²) in [6.07, 6.45) is 3.08. The van der Waals surface area contributed by atoms with Crippen LogP contribution in [0.5, 0.6) is 0 Å². The van der Waals surface area contributed by atoms with Crippen LogP contribution in [0.3, 0.4) is 0 Å². The monoisotopic (exact) mass is 308 g/mol. The van der Waals surface area contributed by atoms with Crippen molar-refractivity contribution in [2.45, 2.75) is 39.0 Å². The molecule has 22 heavy (non-hydrogen) atoms. The Bertz CT molecular complexity index is 557. The third kappa shape index (κ3) is 5.51. The molecule has 7 nitrogen and oxygen atoms in total. The Morgan fingerprint density at radius 3 is 2.55 bits per heavy atom. The zero-order valence-corrected chi connectivity index (χ0v) is 12.5. The van der Waals surface area contributed by atoms with E-state index in [0.717, 1.165) is 12.8 Å².